The van der Waals surface area contributed by atoms with Crippen LogP contribution < -0.4 is 0 Å². The third kappa shape index (κ3) is 8.35. The minimum atomic E-state index is -0.310. The molecule has 1 heterocycles. The third-order valence-corrected chi connectivity index (χ3v) is 3.87. The number of pyridine rings is 1. The molecule has 0 aromatic carbocycles. The first-order chi connectivity index (χ1) is 8.33. The Morgan fingerprint density at radius 1 is 1.44 bits per heavy atom. The molecule has 5 nitrogen and oxygen atoms in total. The van der Waals surface area contributed by atoms with Crippen molar-refractivity contribution in [1.82, 2.24) is 4.98 Å². The molecule has 0 saturated carbocycles. The Labute approximate surface area is 114 Å². The number of rotatable bonds is 8. The molecule has 7 heteroatoms. The molecule has 1 aromatic heterocycles. The number of carbonyl (C=O) groups excluding carboxylic acids is 1. The number of hydrogen-bond donors (Lipinski definition) is 0. The quantitative estimate of drug-likeness (QED) is 0.411. The number of esters is 1. The topological polar surface area (TPSA) is 79.9 Å². The predicted molar refractivity (Wildman–Crippen MR) is 73.6 cm³/mol. The molecular weight excluding hydrogens is 274 g/mol. The highest BCUT2D eigenvalue weighted by Gasteiger charge is 2.02. The molecule has 0 saturated heterocycles. The minimum Gasteiger partial charge on any atom is -0.463 e. The van der Waals surface area contributed by atoms with Gasteiger partial charge in [0.15, 0.2) is 0 Å². The van der Waals surface area contributed by atoms with Gasteiger partial charge in [-0.05, 0) is 29.9 Å². The van der Waals surface area contributed by atoms with Gasteiger partial charge in [-0.2, -0.15) is 0 Å². The fourth-order valence-corrected chi connectivity index (χ4v) is 2.62. The number of nitrogens with zero attached hydrogens (tertiary/aromatic N) is 1. The van der Waals surface area contributed by atoms with Crippen molar-refractivity contribution in [2.75, 3.05) is 25.6 Å². The standard InChI is InChI=1S/C11H15NO3S2.H2O/c1-2-14-9-11(13)15-7-8-16-17-10-5-3-4-6-12-10;/h3-6H,2,7-9H2,1H3;1H2. The highest BCUT2D eigenvalue weighted by molar-refractivity contribution is 8.76. The SMILES string of the molecule is CCOCC(=O)OCCSSc1ccccn1.O. The Morgan fingerprint density at radius 3 is 2.94 bits per heavy atom. The Bertz CT molecular complexity index is 324. The van der Waals surface area contributed by atoms with Crippen LogP contribution >= 0.6 is 21.6 Å². The van der Waals surface area contributed by atoms with E-state index in [1.165, 1.54) is 0 Å². The van der Waals surface area contributed by atoms with E-state index in [1.807, 2.05) is 25.1 Å². The van der Waals surface area contributed by atoms with Gasteiger partial charge in [0, 0.05) is 18.6 Å². The van der Waals surface area contributed by atoms with Crippen molar-refractivity contribution < 1.29 is 19.7 Å². The zero-order chi connectivity index (χ0) is 12.3. The molecule has 2 N–H and O–H groups in total. The van der Waals surface area contributed by atoms with Gasteiger partial charge < -0.3 is 14.9 Å². The summed E-state index contributed by atoms with van der Waals surface area (Å²) in [6.45, 7) is 2.80. The molecule has 18 heavy (non-hydrogen) atoms. The summed E-state index contributed by atoms with van der Waals surface area (Å²) in [7, 11) is 3.18. The molecule has 0 fully saturated rings. The van der Waals surface area contributed by atoms with Gasteiger partial charge >= 0.3 is 5.97 Å². The maximum Gasteiger partial charge on any atom is 0.332 e. The first kappa shape index (κ1) is 17.2. The summed E-state index contributed by atoms with van der Waals surface area (Å²) in [5.41, 5.74) is 0. The van der Waals surface area contributed by atoms with E-state index in [-0.39, 0.29) is 18.1 Å². The second-order valence-corrected chi connectivity index (χ2v) is 5.37. The van der Waals surface area contributed by atoms with Crippen molar-refractivity contribution >= 4 is 27.6 Å². The van der Waals surface area contributed by atoms with Gasteiger partial charge in [-0.1, -0.05) is 16.9 Å². The molecule has 0 aliphatic rings. The Kier molecular flexibility index (Phi) is 10.9. The van der Waals surface area contributed by atoms with E-state index >= 15 is 0 Å². The number of hydrogen-bond acceptors (Lipinski definition) is 6. The van der Waals surface area contributed by atoms with E-state index in [0.29, 0.717) is 13.2 Å². The number of aromatic nitrogens is 1. The second kappa shape index (κ2) is 11.3. The predicted octanol–water partition coefficient (Wildman–Crippen LogP) is 1.58. The van der Waals surface area contributed by atoms with Crippen LogP contribution in [0.2, 0.25) is 0 Å². The van der Waals surface area contributed by atoms with Gasteiger partial charge in [0.25, 0.3) is 0 Å². The van der Waals surface area contributed by atoms with Crippen LogP contribution in [0.4, 0.5) is 0 Å². The molecule has 102 valence electrons. The average molecular weight is 291 g/mol. The minimum absolute atomic E-state index is 0. The van der Waals surface area contributed by atoms with Crippen molar-refractivity contribution in [2.45, 2.75) is 11.9 Å². The summed E-state index contributed by atoms with van der Waals surface area (Å²) in [6, 6.07) is 5.76. The summed E-state index contributed by atoms with van der Waals surface area (Å²) in [6.07, 6.45) is 1.75. The van der Waals surface area contributed by atoms with Crippen molar-refractivity contribution in [3.8, 4) is 0 Å². The van der Waals surface area contributed by atoms with Crippen LogP contribution in [0.3, 0.4) is 0 Å². The fourth-order valence-electron chi connectivity index (χ4n) is 0.915. The summed E-state index contributed by atoms with van der Waals surface area (Å²) < 4.78 is 9.89. The lowest BCUT2D eigenvalue weighted by Gasteiger charge is -2.04. The zero-order valence-electron chi connectivity index (χ0n) is 10.1. The van der Waals surface area contributed by atoms with Crippen LogP contribution in [0.15, 0.2) is 29.4 Å². The zero-order valence-corrected chi connectivity index (χ0v) is 11.8. The van der Waals surface area contributed by atoms with Crippen LogP contribution in [0.1, 0.15) is 6.92 Å². The third-order valence-electron chi connectivity index (χ3n) is 1.64. The number of ether oxygens (including phenoxy) is 2. The molecule has 1 rings (SSSR count). The lowest BCUT2D eigenvalue weighted by molar-refractivity contribution is -0.148. The molecule has 0 amide bonds. The lowest BCUT2D eigenvalue weighted by Crippen LogP contribution is -2.13. The molecule has 0 aliphatic heterocycles. The fraction of sp³-hybridized carbons (Fsp3) is 0.455. The summed E-state index contributed by atoms with van der Waals surface area (Å²) >= 11 is 0. The van der Waals surface area contributed by atoms with Crippen LogP contribution in [0.25, 0.3) is 0 Å². The summed E-state index contributed by atoms with van der Waals surface area (Å²) in [5, 5.41) is 0.957. The highest BCUT2D eigenvalue weighted by atomic mass is 33.1. The van der Waals surface area contributed by atoms with E-state index in [9.17, 15) is 4.79 Å². The van der Waals surface area contributed by atoms with Crippen LogP contribution in [-0.4, -0.2) is 42.0 Å². The maximum absolute atomic E-state index is 11.1. The molecule has 0 aliphatic carbocycles. The Morgan fingerprint density at radius 2 is 2.28 bits per heavy atom. The first-order valence-corrected chi connectivity index (χ1v) is 7.58. The second-order valence-electron chi connectivity index (χ2n) is 2.93. The van der Waals surface area contributed by atoms with Crippen molar-refractivity contribution in [3.05, 3.63) is 24.4 Å². The van der Waals surface area contributed by atoms with Crippen LogP contribution in [-0.2, 0) is 14.3 Å². The summed E-state index contributed by atoms with van der Waals surface area (Å²) in [5.74, 6) is 0.425. The van der Waals surface area contributed by atoms with Crippen molar-refractivity contribution in [1.29, 1.82) is 0 Å². The van der Waals surface area contributed by atoms with Gasteiger partial charge in [0.2, 0.25) is 0 Å². The highest BCUT2D eigenvalue weighted by Crippen LogP contribution is 2.28. The summed E-state index contributed by atoms with van der Waals surface area (Å²) in [4.78, 5) is 15.2. The van der Waals surface area contributed by atoms with E-state index < -0.39 is 0 Å². The van der Waals surface area contributed by atoms with Gasteiger partial charge in [-0.25, -0.2) is 9.78 Å². The molecule has 0 spiro atoms. The van der Waals surface area contributed by atoms with Gasteiger partial charge in [-0.3, -0.25) is 0 Å². The van der Waals surface area contributed by atoms with Crippen molar-refractivity contribution in [3.63, 3.8) is 0 Å². The van der Waals surface area contributed by atoms with E-state index in [0.717, 1.165) is 10.8 Å². The number of carbonyl (C=O) groups is 1. The maximum atomic E-state index is 11.1. The monoisotopic (exact) mass is 291 g/mol. The molecule has 1 aromatic rings. The largest absolute Gasteiger partial charge is 0.463 e. The molecule has 0 bridgehead atoms. The average Bonchev–Trinajstić information content (AvgIpc) is 2.37. The van der Waals surface area contributed by atoms with Gasteiger partial charge in [-0.15, -0.1) is 0 Å². The first-order valence-electron chi connectivity index (χ1n) is 5.26. The Hall–Kier alpha value is -0.760. The Balaban J connectivity index is 0.00000289. The molecule has 0 unspecified atom stereocenters. The van der Waals surface area contributed by atoms with Crippen LogP contribution in [0.5, 0.6) is 0 Å². The van der Waals surface area contributed by atoms with E-state index in [2.05, 4.69) is 4.98 Å². The lowest BCUT2D eigenvalue weighted by atomic mass is 10.5. The van der Waals surface area contributed by atoms with Crippen molar-refractivity contribution in [2.24, 2.45) is 0 Å². The smallest absolute Gasteiger partial charge is 0.332 e. The van der Waals surface area contributed by atoms with E-state index in [4.69, 9.17) is 9.47 Å². The van der Waals surface area contributed by atoms with Crippen LogP contribution in [0, 0.1) is 0 Å². The molecule has 0 atom stereocenters. The molecular formula is C11H17NO4S2. The van der Waals surface area contributed by atoms with E-state index in [1.54, 1.807) is 27.8 Å². The van der Waals surface area contributed by atoms with Gasteiger partial charge in [0.05, 0.1) is 0 Å². The van der Waals surface area contributed by atoms with Gasteiger partial charge in [0.1, 0.15) is 18.2 Å². The molecule has 0 radical (unpaired) electrons. The normalized spacial score (nSPS) is 9.61.